The van der Waals surface area contributed by atoms with Crippen molar-refractivity contribution in [2.45, 2.75) is 13.3 Å². The number of anilines is 2. The van der Waals surface area contributed by atoms with Crippen molar-refractivity contribution in [1.82, 2.24) is 0 Å². The van der Waals surface area contributed by atoms with Crippen molar-refractivity contribution in [3.63, 3.8) is 0 Å². The number of carbonyl (C=O) groups excluding carboxylic acids is 3. The lowest BCUT2D eigenvalue weighted by Crippen LogP contribution is -2.28. The van der Waals surface area contributed by atoms with Crippen LogP contribution in [0.1, 0.15) is 23.7 Å². The molecule has 1 aliphatic rings. The van der Waals surface area contributed by atoms with E-state index >= 15 is 0 Å². The lowest BCUT2D eigenvalue weighted by atomic mass is 10.1. The van der Waals surface area contributed by atoms with E-state index in [2.05, 4.69) is 5.32 Å². The van der Waals surface area contributed by atoms with E-state index in [1.54, 1.807) is 48.4 Å². The van der Waals surface area contributed by atoms with E-state index in [1.807, 2.05) is 12.1 Å². The molecule has 3 rings (SSSR count). The van der Waals surface area contributed by atoms with Crippen molar-refractivity contribution in [3.05, 3.63) is 54.1 Å². The van der Waals surface area contributed by atoms with Crippen LogP contribution in [0, 0.1) is 5.92 Å². The van der Waals surface area contributed by atoms with E-state index in [1.165, 1.54) is 6.92 Å². The number of carbonyl (C=O) groups is 3. The van der Waals surface area contributed by atoms with E-state index < -0.39 is 5.92 Å². The van der Waals surface area contributed by atoms with Crippen molar-refractivity contribution in [2.24, 2.45) is 5.92 Å². The van der Waals surface area contributed by atoms with Crippen LogP contribution in [0.4, 0.5) is 11.4 Å². The Hall–Kier alpha value is -3.15. The van der Waals surface area contributed by atoms with E-state index in [0.717, 1.165) is 0 Å². The Bertz CT molecular complexity index is 845. The van der Waals surface area contributed by atoms with Gasteiger partial charge in [0.25, 0.3) is 0 Å². The molecular weight excluding hydrogens is 332 g/mol. The Morgan fingerprint density at radius 2 is 1.81 bits per heavy atom. The second-order valence-corrected chi connectivity index (χ2v) is 6.20. The molecule has 6 nitrogen and oxygen atoms in total. The number of hydrogen-bond acceptors (Lipinski definition) is 4. The topological polar surface area (TPSA) is 75.7 Å². The number of benzene rings is 2. The second-order valence-electron chi connectivity index (χ2n) is 6.20. The van der Waals surface area contributed by atoms with Crippen LogP contribution in [0.15, 0.2) is 48.5 Å². The van der Waals surface area contributed by atoms with Crippen molar-refractivity contribution in [1.29, 1.82) is 0 Å². The number of rotatable bonds is 5. The van der Waals surface area contributed by atoms with Gasteiger partial charge in [-0.05, 0) is 43.3 Å². The fourth-order valence-electron chi connectivity index (χ4n) is 3.00. The SMILES string of the molecule is COc1ccccc1N1C[C@H](C(=O)Nc2ccc(C(C)=O)cc2)CC1=O. The molecule has 0 radical (unpaired) electrons. The molecule has 0 saturated carbocycles. The molecule has 1 aliphatic heterocycles. The number of nitrogens with zero attached hydrogens (tertiary/aromatic N) is 1. The minimum absolute atomic E-state index is 0.0308. The first kappa shape index (κ1) is 17.7. The Morgan fingerprint density at radius 3 is 2.46 bits per heavy atom. The zero-order valence-corrected chi connectivity index (χ0v) is 14.7. The van der Waals surface area contributed by atoms with Crippen LogP contribution in [-0.2, 0) is 9.59 Å². The Balaban J connectivity index is 1.70. The molecule has 1 N–H and O–H groups in total. The molecule has 0 unspecified atom stereocenters. The maximum absolute atomic E-state index is 12.5. The summed E-state index contributed by atoms with van der Waals surface area (Å²) in [5.41, 5.74) is 1.85. The predicted octanol–water partition coefficient (Wildman–Crippen LogP) is 2.89. The molecule has 134 valence electrons. The van der Waals surface area contributed by atoms with Crippen molar-refractivity contribution >= 4 is 29.0 Å². The minimum atomic E-state index is -0.445. The van der Waals surface area contributed by atoms with Crippen LogP contribution in [-0.4, -0.2) is 31.3 Å². The van der Waals surface area contributed by atoms with Crippen LogP contribution in [0.2, 0.25) is 0 Å². The Labute approximate surface area is 151 Å². The number of Topliss-reactive ketones (excluding diaryl/α,β-unsaturated/α-hetero) is 1. The van der Waals surface area contributed by atoms with Gasteiger partial charge in [-0.3, -0.25) is 14.4 Å². The van der Waals surface area contributed by atoms with Gasteiger partial charge in [0.1, 0.15) is 5.75 Å². The molecule has 1 fully saturated rings. The second kappa shape index (κ2) is 7.39. The van der Waals surface area contributed by atoms with E-state index in [0.29, 0.717) is 29.2 Å². The average molecular weight is 352 g/mol. The van der Waals surface area contributed by atoms with Gasteiger partial charge in [0.2, 0.25) is 11.8 Å². The van der Waals surface area contributed by atoms with Gasteiger partial charge in [-0.15, -0.1) is 0 Å². The summed E-state index contributed by atoms with van der Waals surface area (Å²) < 4.78 is 5.31. The highest BCUT2D eigenvalue weighted by Crippen LogP contribution is 2.33. The summed E-state index contributed by atoms with van der Waals surface area (Å²) in [6.45, 7) is 1.79. The number of para-hydroxylation sites is 2. The molecule has 0 aliphatic carbocycles. The Morgan fingerprint density at radius 1 is 1.12 bits per heavy atom. The zero-order chi connectivity index (χ0) is 18.7. The summed E-state index contributed by atoms with van der Waals surface area (Å²) in [6, 6.07) is 13.9. The molecule has 1 heterocycles. The third kappa shape index (κ3) is 3.59. The molecule has 2 aromatic rings. The molecule has 0 spiro atoms. The maximum Gasteiger partial charge on any atom is 0.229 e. The van der Waals surface area contributed by atoms with Crippen LogP contribution in [0.3, 0.4) is 0 Å². The number of hydrogen-bond donors (Lipinski definition) is 1. The van der Waals surface area contributed by atoms with Crippen molar-refractivity contribution in [2.75, 3.05) is 23.9 Å². The third-order valence-electron chi connectivity index (χ3n) is 4.43. The van der Waals surface area contributed by atoms with Crippen LogP contribution < -0.4 is 15.0 Å². The van der Waals surface area contributed by atoms with Gasteiger partial charge in [0.15, 0.2) is 5.78 Å². The van der Waals surface area contributed by atoms with Gasteiger partial charge in [-0.1, -0.05) is 12.1 Å². The lowest BCUT2D eigenvalue weighted by molar-refractivity contribution is -0.122. The van der Waals surface area contributed by atoms with Gasteiger partial charge in [-0.2, -0.15) is 0 Å². The first-order chi connectivity index (χ1) is 12.5. The normalized spacial score (nSPS) is 16.5. The highest BCUT2D eigenvalue weighted by atomic mass is 16.5. The molecule has 6 heteroatoms. The van der Waals surface area contributed by atoms with Crippen molar-refractivity contribution in [3.8, 4) is 5.75 Å². The number of ether oxygens (including phenoxy) is 1. The van der Waals surface area contributed by atoms with Gasteiger partial charge in [-0.25, -0.2) is 0 Å². The molecule has 26 heavy (non-hydrogen) atoms. The number of ketones is 1. The lowest BCUT2D eigenvalue weighted by Gasteiger charge is -2.19. The fraction of sp³-hybridized carbons (Fsp3) is 0.250. The highest BCUT2D eigenvalue weighted by Gasteiger charge is 2.36. The summed E-state index contributed by atoms with van der Waals surface area (Å²) in [4.78, 5) is 37.8. The molecule has 0 bridgehead atoms. The Kier molecular flexibility index (Phi) is 5.02. The fourth-order valence-corrected chi connectivity index (χ4v) is 3.00. The third-order valence-corrected chi connectivity index (χ3v) is 4.43. The van der Waals surface area contributed by atoms with Gasteiger partial charge < -0.3 is 15.0 Å². The van der Waals surface area contributed by atoms with Gasteiger partial charge in [0, 0.05) is 24.2 Å². The van der Waals surface area contributed by atoms with Crippen LogP contribution in [0.5, 0.6) is 5.75 Å². The smallest absolute Gasteiger partial charge is 0.229 e. The number of methoxy groups -OCH3 is 1. The minimum Gasteiger partial charge on any atom is -0.495 e. The summed E-state index contributed by atoms with van der Waals surface area (Å²) in [7, 11) is 1.55. The molecule has 2 aromatic carbocycles. The maximum atomic E-state index is 12.5. The molecule has 1 saturated heterocycles. The predicted molar refractivity (Wildman–Crippen MR) is 98.5 cm³/mol. The standard InChI is InChI=1S/C20H20N2O4/c1-13(23)14-7-9-16(10-8-14)21-20(25)15-11-19(24)22(12-15)17-5-3-4-6-18(17)26-2/h3-10,15H,11-12H2,1-2H3,(H,21,25)/t15-/m1/s1. The van der Waals surface area contributed by atoms with E-state index in [9.17, 15) is 14.4 Å². The van der Waals surface area contributed by atoms with Crippen LogP contribution >= 0.6 is 0 Å². The molecule has 2 amide bonds. The quantitative estimate of drug-likeness (QED) is 0.840. The van der Waals surface area contributed by atoms with E-state index in [4.69, 9.17) is 4.74 Å². The average Bonchev–Trinajstić information content (AvgIpc) is 3.04. The zero-order valence-electron chi connectivity index (χ0n) is 14.7. The summed E-state index contributed by atoms with van der Waals surface area (Å²) >= 11 is 0. The monoisotopic (exact) mass is 352 g/mol. The summed E-state index contributed by atoms with van der Waals surface area (Å²) in [6.07, 6.45) is 0.148. The summed E-state index contributed by atoms with van der Waals surface area (Å²) in [5, 5.41) is 2.81. The first-order valence-electron chi connectivity index (χ1n) is 8.35. The van der Waals surface area contributed by atoms with Gasteiger partial charge in [0.05, 0.1) is 18.7 Å². The van der Waals surface area contributed by atoms with Crippen LogP contribution in [0.25, 0.3) is 0 Å². The van der Waals surface area contributed by atoms with E-state index in [-0.39, 0.29) is 24.0 Å². The molecule has 1 atom stereocenters. The first-order valence-corrected chi connectivity index (χ1v) is 8.35. The number of nitrogens with one attached hydrogen (secondary N) is 1. The molecule has 0 aromatic heterocycles. The molecular formula is C20H20N2O4. The number of amides is 2. The van der Waals surface area contributed by atoms with Gasteiger partial charge >= 0.3 is 0 Å². The van der Waals surface area contributed by atoms with Crippen molar-refractivity contribution < 1.29 is 19.1 Å². The highest BCUT2D eigenvalue weighted by molar-refractivity contribution is 6.04. The summed E-state index contributed by atoms with van der Waals surface area (Å²) in [5.74, 6) is -0.203. The largest absolute Gasteiger partial charge is 0.495 e.